The second-order valence-electron chi connectivity index (χ2n) is 7.98. The highest BCUT2D eigenvalue weighted by Gasteiger charge is 2.27. The van der Waals surface area contributed by atoms with Gasteiger partial charge >= 0.3 is 0 Å². The zero-order valence-electron chi connectivity index (χ0n) is 16.9. The van der Waals surface area contributed by atoms with Crippen LogP contribution < -0.4 is 10.6 Å². The molecule has 0 aromatic heterocycles. The Morgan fingerprint density at radius 1 is 0.750 bits per heavy atom. The summed E-state index contributed by atoms with van der Waals surface area (Å²) in [5.74, 6) is 0.429. The fourth-order valence-corrected chi connectivity index (χ4v) is 5.77. The molecule has 1 aromatic rings. The maximum absolute atomic E-state index is 12.6. The maximum Gasteiger partial charge on any atom is 0.227 e. The molecule has 0 bridgehead atoms. The fraction of sp³-hybridized carbons (Fsp3) is 0.636. The summed E-state index contributed by atoms with van der Waals surface area (Å²) in [6.07, 6.45) is 12.6. The van der Waals surface area contributed by atoms with Gasteiger partial charge in [0.1, 0.15) is 0 Å². The van der Waals surface area contributed by atoms with E-state index in [1.54, 1.807) is 0 Å². The lowest BCUT2D eigenvalue weighted by Crippen LogP contribution is -2.28. The number of anilines is 2. The van der Waals surface area contributed by atoms with Gasteiger partial charge in [-0.05, 0) is 82.1 Å². The van der Waals surface area contributed by atoms with Gasteiger partial charge in [-0.1, -0.05) is 6.07 Å². The van der Waals surface area contributed by atoms with Gasteiger partial charge in [0.15, 0.2) is 0 Å². The molecule has 28 heavy (non-hydrogen) atoms. The molecular formula is C22H32N2O2S2. The Hall–Kier alpha value is -1.14. The SMILES string of the molecule is CSC1CCC(C(=O)Nc2cccc(NC(=O)C3CCC(SC)CC3)c2)CC1. The zero-order valence-corrected chi connectivity index (χ0v) is 18.5. The number of carbonyl (C=O) groups excluding carboxylic acids is 2. The molecule has 0 unspecified atom stereocenters. The van der Waals surface area contributed by atoms with Crippen LogP contribution in [-0.4, -0.2) is 34.8 Å². The summed E-state index contributed by atoms with van der Waals surface area (Å²) >= 11 is 3.82. The van der Waals surface area contributed by atoms with E-state index in [4.69, 9.17) is 0 Å². The number of nitrogens with one attached hydrogen (secondary N) is 2. The van der Waals surface area contributed by atoms with E-state index >= 15 is 0 Å². The molecule has 2 aliphatic rings. The van der Waals surface area contributed by atoms with Gasteiger partial charge in [-0.3, -0.25) is 9.59 Å². The van der Waals surface area contributed by atoms with Crippen LogP contribution in [0.3, 0.4) is 0 Å². The number of hydrogen-bond acceptors (Lipinski definition) is 4. The lowest BCUT2D eigenvalue weighted by atomic mass is 9.88. The normalized spacial score (nSPS) is 27.8. The molecule has 0 spiro atoms. The van der Waals surface area contributed by atoms with Gasteiger partial charge in [-0.2, -0.15) is 23.5 Å². The van der Waals surface area contributed by atoms with Gasteiger partial charge < -0.3 is 10.6 Å². The molecule has 2 saturated carbocycles. The summed E-state index contributed by atoms with van der Waals surface area (Å²) in [5, 5.41) is 7.51. The minimum atomic E-state index is 0.105. The Labute approximate surface area is 177 Å². The van der Waals surface area contributed by atoms with E-state index in [1.165, 1.54) is 0 Å². The minimum absolute atomic E-state index is 0.105. The first-order valence-electron chi connectivity index (χ1n) is 10.4. The molecule has 0 aliphatic heterocycles. The van der Waals surface area contributed by atoms with Gasteiger partial charge in [0, 0.05) is 33.7 Å². The molecule has 3 rings (SSSR count). The first kappa shape index (κ1) is 21.6. The van der Waals surface area contributed by atoms with Crippen molar-refractivity contribution in [2.24, 2.45) is 11.8 Å². The van der Waals surface area contributed by atoms with Crippen molar-refractivity contribution in [3.63, 3.8) is 0 Å². The molecule has 2 N–H and O–H groups in total. The highest BCUT2D eigenvalue weighted by Crippen LogP contribution is 2.33. The van der Waals surface area contributed by atoms with Gasteiger partial charge in [0.25, 0.3) is 0 Å². The van der Waals surface area contributed by atoms with Gasteiger partial charge in [-0.15, -0.1) is 0 Å². The van der Waals surface area contributed by atoms with Crippen LogP contribution in [0, 0.1) is 11.8 Å². The molecule has 0 radical (unpaired) electrons. The first-order valence-corrected chi connectivity index (χ1v) is 12.9. The van der Waals surface area contributed by atoms with Crippen molar-refractivity contribution in [2.75, 3.05) is 23.1 Å². The maximum atomic E-state index is 12.6. The topological polar surface area (TPSA) is 58.2 Å². The van der Waals surface area contributed by atoms with Gasteiger partial charge in [-0.25, -0.2) is 0 Å². The minimum Gasteiger partial charge on any atom is -0.326 e. The van der Waals surface area contributed by atoms with E-state index in [0.29, 0.717) is 10.5 Å². The van der Waals surface area contributed by atoms with Crippen molar-refractivity contribution >= 4 is 46.7 Å². The van der Waals surface area contributed by atoms with E-state index in [9.17, 15) is 9.59 Å². The largest absolute Gasteiger partial charge is 0.326 e. The van der Waals surface area contributed by atoms with Gasteiger partial charge in [0.2, 0.25) is 11.8 Å². The average Bonchev–Trinajstić information content (AvgIpc) is 2.74. The summed E-state index contributed by atoms with van der Waals surface area (Å²) in [7, 11) is 0. The molecular weight excluding hydrogens is 388 g/mol. The standard InChI is InChI=1S/C22H32N2O2S2/c1-27-19-10-6-15(7-11-19)21(25)23-17-4-3-5-18(14-17)24-22(26)16-8-12-20(28-2)13-9-16/h3-5,14-16,19-20H,6-13H2,1-2H3,(H,23,25)(H,24,26). The fourth-order valence-electron chi connectivity index (χ4n) is 4.28. The van der Waals surface area contributed by atoms with Crippen molar-refractivity contribution < 1.29 is 9.59 Å². The van der Waals surface area contributed by atoms with Crippen LogP contribution in [0.5, 0.6) is 0 Å². The first-order chi connectivity index (χ1) is 13.6. The molecule has 4 nitrogen and oxygen atoms in total. The Kier molecular flexibility index (Phi) is 8.15. The summed E-state index contributed by atoms with van der Waals surface area (Å²) < 4.78 is 0. The summed E-state index contributed by atoms with van der Waals surface area (Å²) in [6.45, 7) is 0. The Balaban J connectivity index is 1.51. The quantitative estimate of drug-likeness (QED) is 0.646. The van der Waals surface area contributed by atoms with Crippen LogP contribution in [-0.2, 0) is 9.59 Å². The van der Waals surface area contributed by atoms with Crippen LogP contribution in [0.15, 0.2) is 24.3 Å². The van der Waals surface area contributed by atoms with Crippen molar-refractivity contribution in [1.82, 2.24) is 0 Å². The van der Waals surface area contributed by atoms with Crippen molar-refractivity contribution in [3.05, 3.63) is 24.3 Å². The number of amides is 2. The second kappa shape index (κ2) is 10.6. The second-order valence-corrected chi connectivity index (χ2v) is 10.3. The predicted molar refractivity (Wildman–Crippen MR) is 122 cm³/mol. The Bertz CT molecular complexity index is 613. The number of rotatable bonds is 6. The molecule has 1 aromatic carbocycles. The smallest absolute Gasteiger partial charge is 0.227 e. The molecule has 2 aliphatic carbocycles. The van der Waals surface area contributed by atoms with Crippen molar-refractivity contribution in [3.8, 4) is 0 Å². The third-order valence-electron chi connectivity index (χ3n) is 6.15. The number of thioether (sulfide) groups is 2. The lowest BCUT2D eigenvalue weighted by molar-refractivity contribution is -0.121. The van der Waals surface area contributed by atoms with Crippen LogP contribution in [0.2, 0.25) is 0 Å². The van der Waals surface area contributed by atoms with Crippen LogP contribution in [0.4, 0.5) is 11.4 Å². The zero-order chi connectivity index (χ0) is 19.9. The molecule has 2 fully saturated rings. The molecule has 0 atom stereocenters. The monoisotopic (exact) mass is 420 g/mol. The molecule has 6 heteroatoms. The van der Waals surface area contributed by atoms with E-state index in [2.05, 4.69) is 23.1 Å². The van der Waals surface area contributed by atoms with E-state index in [0.717, 1.165) is 62.7 Å². The lowest BCUT2D eigenvalue weighted by Gasteiger charge is -2.27. The highest BCUT2D eigenvalue weighted by atomic mass is 32.2. The average molecular weight is 421 g/mol. The molecule has 0 saturated heterocycles. The molecule has 154 valence electrons. The van der Waals surface area contributed by atoms with E-state index in [-0.39, 0.29) is 23.7 Å². The summed E-state index contributed by atoms with van der Waals surface area (Å²) in [4.78, 5) is 25.2. The number of carbonyl (C=O) groups is 2. The van der Waals surface area contributed by atoms with Crippen molar-refractivity contribution in [1.29, 1.82) is 0 Å². The Morgan fingerprint density at radius 3 is 1.50 bits per heavy atom. The van der Waals surface area contributed by atoms with E-state index < -0.39 is 0 Å². The summed E-state index contributed by atoms with van der Waals surface area (Å²) in [6, 6.07) is 7.55. The van der Waals surface area contributed by atoms with Crippen molar-refractivity contribution in [2.45, 2.75) is 61.9 Å². The van der Waals surface area contributed by atoms with E-state index in [1.807, 2.05) is 47.8 Å². The highest BCUT2D eigenvalue weighted by molar-refractivity contribution is 7.99. The summed E-state index contributed by atoms with van der Waals surface area (Å²) in [5.41, 5.74) is 1.53. The molecule has 0 heterocycles. The molecule has 2 amide bonds. The van der Waals surface area contributed by atoms with Crippen LogP contribution in [0.1, 0.15) is 51.4 Å². The van der Waals surface area contributed by atoms with Crippen LogP contribution >= 0.6 is 23.5 Å². The predicted octanol–water partition coefficient (Wildman–Crippen LogP) is 5.41. The number of hydrogen-bond donors (Lipinski definition) is 2. The third-order valence-corrected chi connectivity index (χ3v) is 8.43. The third kappa shape index (κ3) is 5.93. The Morgan fingerprint density at radius 2 is 1.14 bits per heavy atom. The number of benzene rings is 1. The van der Waals surface area contributed by atoms with Crippen LogP contribution in [0.25, 0.3) is 0 Å². The van der Waals surface area contributed by atoms with Gasteiger partial charge in [0.05, 0.1) is 0 Å².